The van der Waals surface area contributed by atoms with E-state index in [0.29, 0.717) is 6.73 Å². The summed E-state index contributed by atoms with van der Waals surface area (Å²) in [7, 11) is 0. The summed E-state index contributed by atoms with van der Waals surface area (Å²) < 4.78 is 4.96. The molecule has 0 amide bonds. The van der Waals surface area contributed by atoms with Gasteiger partial charge in [-0.15, -0.1) is 0 Å². The molecule has 0 radical (unpaired) electrons. The first-order chi connectivity index (χ1) is 12.3. The number of esters is 1. The maximum Gasteiger partial charge on any atom is 0.333 e. The van der Waals surface area contributed by atoms with Gasteiger partial charge in [0.25, 0.3) is 0 Å². The van der Waals surface area contributed by atoms with Crippen LogP contribution in [-0.2, 0) is 9.53 Å². The fraction of sp³-hybridized carbons (Fsp3) is 0.773. The van der Waals surface area contributed by atoms with E-state index in [-0.39, 0.29) is 5.97 Å². The number of hydrogen-bond acceptors (Lipinski definition) is 3. The average Bonchev–Trinajstić information content (AvgIpc) is 2.63. The predicted molar refractivity (Wildman–Crippen MR) is 106 cm³/mol. The summed E-state index contributed by atoms with van der Waals surface area (Å²) in [5, 5.41) is 0. The van der Waals surface area contributed by atoms with E-state index in [1.165, 1.54) is 96.0 Å². The molecule has 25 heavy (non-hydrogen) atoms. The van der Waals surface area contributed by atoms with Crippen LogP contribution >= 0.6 is 0 Å². The van der Waals surface area contributed by atoms with Crippen LogP contribution in [0, 0.1) is 0 Å². The predicted octanol–water partition coefficient (Wildman–Crippen LogP) is 6.35. The number of allylic oxidation sites excluding steroid dienone is 2. The molecular formula is C22H39NO2. The number of unbranched alkanes of at least 4 members (excludes halogenated alkanes) is 12. The lowest BCUT2D eigenvalue weighted by molar-refractivity contribution is -0.143. The highest BCUT2D eigenvalue weighted by atomic mass is 16.5. The molecule has 0 N–H and O–H groups in total. The fourth-order valence-electron chi connectivity index (χ4n) is 3.11. The third-order valence-corrected chi connectivity index (χ3v) is 4.75. The Labute approximate surface area is 155 Å². The summed E-state index contributed by atoms with van der Waals surface area (Å²) >= 11 is 0. The van der Waals surface area contributed by atoms with Crippen molar-refractivity contribution >= 4 is 5.97 Å². The Hall–Kier alpha value is -1.25. The summed E-state index contributed by atoms with van der Waals surface area (Å²) in [5.41, 5.74) is 0. The van der Waals surface area contributed by atoms with Gasteiger partial charge in [-0.3, -0.25) is 0 Å². The summed E-state index contributed by atoms with van der Waals surface area (Å²) in [6, 6.07) is 0. The van der Waals surface area contributed by atoms with Crippen LogP contribution in [0.1, 0.15) is 96.8 Å². The zero-order valence-corrected chi connectivity index (χ0v) is 16.4. The molecule has 0 fully saturated rings. The van der Waals surface area contributed by atoms with Gasteiger partial charge in [0.2, 0.25) is 0 Å². The largest absolute Gasteiger partial charge is 0.441 e. The number of rotatable bonds is 16. The molecule has 0 aliphatic carbocycles. The standard InChI is InChI=1S/C22H39NO2/c1-2-3-4-5-6-7-8-9-10-11-12-13-14-15-16-17-19-23-20-18-22(24)25-21-23/h9-10,18,20H,2-8,11-17,19,21H2,1H3/b10-9+. The van der Waals surface area contributed by atoms with Crippen LogP contribution in [0.2, 0.25) is 0 Å². The van der Waals surface area contributed by atoms with Gasteiger partial charge >= 0.3 is 5.97 Å². The van der Waals surface area contributed by atoms with Crippen LogP contribution in [0.4, 0.5) is 0 Å². The highest BCUT2D eigenvalue weighted by Crippen LogP contribution is 2.10. The number of nitrogens with zero attached hydrogens (tertiary/aromatic N) is 1. The van der Waals surface area contributed by atoms with Gasteiger partial charge in [-0.1, -0.05) is 76.9 Å². The molecule has 0 spiro atoms. The topological polar surface area (TPSA) is 29.5 Å². The highest BCUT2D eigenvalue weighted by molar-refractivity contribution is 5.82. The number of carbonyl (C=O) groups is 1. The van der Waals surface area contributed by atoms with Gasteiger partial charge in [-0.2, -0.15) is 0 Å². The molecular weight excluding hydrogens is 310 g/mol. The minimum Gasteiger partial charge on any atom is -0.441 e. The Morgan fingerprint density at radius 3 is 2.00 bits per heavy atom. The van der Waals surface area contributed by atoms with Crippen molar-refractivity contribution in [1.82, 2.24) is 4.90 Å². The van der Waals surface area contributed by atoms with Crippen molar-refractivity contribution in [2.24, 2.45) is 0 Å². The Morgan fingerprint density at radius 2 is 1.44 bits per heavy atom. The van der Waals surface area contributed by atoms with Gasteiger partial charge in [-0.25, -0.2) is 4.79 Å². The molecule has 1 heterocycles. The van der Waals surface area contributed by atoms with Crippen molar-refractivity contribution in [3.63, 3.8) is 0 Å². The van der Waals surface area contributed by atoms with E-state index < -0.39 is 0 Å². The Kier molecular flexibility index (Phi) is 14.1. The number of carbonyl (C=O) groups excluding carboxylic acids is 1. The van der Waals surface area contributed by atoms with Gasteiger partial charge in [0, 0.05) is 18.8 Å². The Bertz CT molecular complexity index is 376. The van der Waals surface area contributed by atoms with E-state index in [0.717, 1.165) is 6.54 Å². The zero-order valence-electron chi connectivity index (χ0n) is 16.4. The van der Waals surface area contributed by atoms with Gasteiger partial charge in [0.05, 0.1) is 0 Å². The van der Waals surface area contributed by atoms with E-state index in [2.05, 4.69) is 24.0 Å². The van der Waals surface area contributed by atoms with Crippen molar-refractivity contribution in [1.29, 1.82) is 0 Å². The van der Waals surface area contributed by atoms with Crippen molar-refractivity contribution in [3.8, 4) is 0 Å². The van der Waals surface area contributed by atoms with E-state index in [9.17, 15) is 4.79 Å². The minimum atomic E-state index is -0.225. The van der Waals surface area contributed by atoms with Crippen LogP contribution in [0.3, 0.4) is 0 Å². The van der Waals surface area contributed by atoms with Crippen LogP contribution in [0.5, 0.6) is 0 Å². The van der Waals surface area contributed by atoms with Gasteiger partial charge in [0.1, 0.15) is 0 Å². The highest BCUT2D eigenvalue weighted by Gasteiger charge is 2.08. The second-order valence-corrected chi connectivity index (χ2v) is 7.16. The molecule has 144 valence electrons. The van der Waals surface area contributed by atoms with Crippen molar-refractivity contribution in [2.75, 3.05) is 13.3 Å². The summed E-state index contributed by atoms with van der Waals surface area (Å²) in [4.78, 5) is 13.0. The lowest BCUT2D eigenvalue weighted by Crippen LogP contribution is -2.27. The number of hydrogen-bond donors (Lipinski definition) is 0. The lowest BCUT2D eigenvalue weighted by atomic mass is 10.1. The molecule has 3 nitrogen and oxygen atoms in total. The molecule has 0 unspecified atom stereocenters. The molecule has 0 saturated heterocycles. The molecule has 1 aliphatic rings. The molecule has 0 aromatic heterocycles. The van der Waals surface area contributed by atoms with Crippen LogP contribution < -0.4 is 0 Å². The van der Waals surface area contributed by atoms with Crippen LogP contribution in [-0.4, -0.2) is 24.1 Å². The van der Waals surface area contributed by atoms with Crippen molar-refractivity contribution < 1.29 is 9.53 Å². The van der Waals surface area contributed by atoms with Crippen molar-refractivity contribution in [3.05, 3.63) is 24.4 Å². The molecule has 1 aliphatic heterocycles. The third kappa shape index (κ3) is 13.7. The summed E-state index contributed by atoms with van der Waals surface area (Å²) in [5.74, 6) is -0.225. The summed E-state index contributed by atoms with van der Waals surface area (Å²) in [6.07, 6.45) is 26.8. The molecule has 0 aromatic carbocycles. The zero-order chi connectivity index (χ0) is 18.0. The molecule has 0 bridgehead atoms. The summed E-state index contributed by atoms with van der Waals surface area (Å²) in [6.45, 7) is 3.68. The van der Waals surface area contributed by atoms with Crippen LogP contribution in [0.15, 0.2) is 24.4 Å². The molecule has 0 atom stereocenters. The molecule has 3 heteroatoms. The quantitative estimate of drug-likeness (QED) is 0.185. The van der Waals surface area contributed by atoms with E-state index in [4.69, 9.17) is 4.74 Å². The van der Waals surface area contributed by atoms with E-state index >= 15 is 0 Å². The maximum atomic E-state index is 10.9. The molecule has 0 aromatic rings. The Morgan fingerprint density at radius 1 is 0.880 bits per heavy atom. The van der Waals surface area contributed by atoms with Crippen LogP contribution in [0.25, 0.3) is 0 Å². The average molecular weight is 350 g/mol. The van der Waals surface area contributed by atoms with Crippen molar-refractivity contribution in [2.45, 2.75) is 96.8 Å². The second-order valence-electron chi connectivity index (χ2n) is 7.16. The van der Waals surface area contributed by atoms with Gasteiger partial charge in [0.15, 0.2) is 6.73 Å². The lowest BCUT2D eigenvalue weighted by Gasteiger charge is -2.22. The molecule has 0 saturated carbocycles. The first-order valence-corrected chi connectivity index (χ1v) is 10.6. The second kappa shape index (κ2) is 16.2. The minimum absolute atomic E-state index is 0.225. The molecule has 1 rings (SSSR count). The smallest absolute Gasteiger partial charge is 0.333 e. The SMILES string of the molecule is CCCCCCCC/C=C/CCCCCCCCN1C=CC(=O)OC1. The van der Waals surface area contributed by atoms with Gasteiger partial charge in [-0.05, 0) is 32.1 Å². The third-order valence-electron chi connectivity index (χ3n) is 4.75. The first kappa shape index (κ1) is 21.8. The van der Waals surface area contributed by atoms with E-state index in [1.54, 1.807) is 0 Å². The Balaban J connectivity index is 1.76. The number of ether oxygens (including phenoxy) is 1. The number of cyclic esters (lactones) is 1. The van der Waals surface area contributed by atoms with Gasteiger partial charge < -0.3 is 9.64 Å². The monoisotopic (exact) mass is 349 g/mol. The first-order valence-electron chi connectivity index (χ1n) is 10.6. The fourth-order valence-corrected chi connectivity index (χ4v) is 3.11. The van der Waals surface area contributed by atoms with E-state index in [1.807, 2.05) is 6.20 Å². The normalized spacial score (nSPS) is 14.4. The maximum absolute atomic E-state index is 10.9.